The maximum absolute atomic E-state index is 13.2. The SMILES string of the molecule is Cc1cc(C)cc(NC(=O)N2CCN(C(=O)c3ccc(Cl)c(Cl)c3)C2C(=O)NCCN)c1. The zero-order valence-electron chi connectivity index (χ0n) is 17.8. The number of hydrogen-bond donors (Lipinski definition) is 3. The zero-order valence-corrected chi connectivity index (χ0v) is 19.3. The molecule has 0 saturated carbocycles. The van der Waals surface area contributed by atoms with Crippen LogP contribution in [0, 0.1) is 13.8 Å². The normalized spacial score (nSPS) is 15.6. The second kappa shape index (κ2) is 10.2. The van der Waals surface area contributed by atoms with E-state index < -0.39 is 24.0 Å². The molecule has 1 aliphatic rings. The van der Waals surface area contributed by atoms with Gasteiger partial charge >= 0.3 is 6.03 Å². The van der Waals surface area contributed by atoms with Gasteiger partial charge in [0.05, 0.1) is 10.0 Å². The van der Waals surface area contributed by atoms with Crippen LogP contribution in [0.2, 0.25) is 10.0 Å². The Hall–Kier alpha value is -2.81. The Morgan fingerprint density at radius 3 is 2.28 bits per heavy atom. The van der Waals surface area contributed by atoms with Crippen LogP contribution in [0.15, 0.2) is 36.4 Å². The maximum Gasteiger partial charge on any atom is 0.323 e. The van der Waals surface area contributed by atoms with Gasteiger partial charge in [0.25, 0.3) is 11.8 Å². The van der Waals surface area contributed by atoms with Gasteiger partial charge in [0.2, 0.25) is 0 Å². The molecule has 0 bridgehead atoms. The van der Waals surface area contributed by atoms with Gasteiger partial charge in [0.15, 0.2) is 6.17 Å². The molecule has 1 saturated heterocycles. The van der Waals surface area contributed by atoms with Crippen molar-refractivity contribution in [2.45, 2.75) is 20.0 Å². The molecule has 0 spiro atoms. The van der Waals surface area contributed by atoms with E-state index in [9.17, 15) is 14.4 Å². The van der Waals surface area contributed by atoms with E-state index in [2.05, 4.69) is 10.6 Å². The van der Waals surface area contributed by atoms with E-state index in [1.54, 1.807) is 0 Å². The number of anilines is 1. The topological polar surface area (TPSA) is 108 Å². The quantitative estimate of drug-likeness (QED) is 0.614. The van der Waals surface area contributed by atoms with Crippen LogP contribution in [0.3, 0.4) is 0 Å². The molecular formula is C22H25Cl2N5O3. The molecular weight excluding hydrogens is 453 g/mol. The third-order valence-electron chi connectivity index (χ3n) is 5.01. The van der Waals surface area contributed by atoms with Gasteiger partial charge in [0, 0.05) is 37.4 Å². The summed E-state index contributed by atoms with van der Waals surface area (Å²) in [6, 6.07) is 9.68. The number of carbonyl (C=O) groups is 3. The fourth-order valence-corrected chi connectivity index (χ4v) is 3.96. The summed E-state index contributed by atoms with van der Waals surface area (Å²) in [6.45, 7) is 4.67. The van der Waals surface area contributed by atoms with E-state index in [1.807, 2.05) is 32.0 Å². The van der Waals surface area contributed by atoms with E-state index in [4.69, 9.17) is 28.9 Å². The van der Waals surface area contributed by atoms with Crippen LogP contribution in [-0.4, -0.2) is 60.0 Å². The third kappa shape index (κ3) is 5.32. The molecule has 170 valence electrons. The summed E-state index contributed by atoms with van der Waals surface area (Å²) in [5.41, 5.74) is 8.38. The summed E-state index contributed by atoms with van der Waals surface area (Å²) in [4.78, 5) is 41.8. The highest BCUT2D eigenvalue weighted by atomic mass is 35.5. The molecule has 2 aromatic carbocycles. The Morgan fingerprint density at radius 1 is 1.00 bits per heavy atom. The van der Waals surface area contributed by atoms with Gasteiger partial charge in [0.1, 0.15) is 0 Å². The van der Waals surface area contributed by atoms with Crippen LogP contribution in [0.1, 0.15) is 21.5 Å². The van der Waals surface area contributed by atoms with Crippen LogP contribution in [0.5, 0.6) is 0 Å². The molecule has 32 heavy (non-hydrogen) atoms. The fourth-order valence-electron chi connectivity index (χ4n) is 3.66. The number of nitrogens with two attached hydrogens (primary N) is 1. The van der Waals surface area contributed by atoms with Gasteiger partial charge in [-0.25, -0.2) is 4.79 Å². The van der Waals surface area contributed by atoms with Crippen molar-refractivity contribution in [1.29, 1.82) is 0 Å². The Labute approximate surface area is 196 Å². The average molecular weight is 478 g/mol. The minimum atomic E-state index is -1.13. The monoisotopic (exact) mass is 477 g/mol. The van der Waals surface area contributed by atoms with Gasteiger partial charge in [-0.05, 0) is 55.3 Å². The Kier molecular flexibility index (Phi) is 7.60. The first-order chi connectivity index (χ1) is 15.2. The zero-order chi connectivity index (χ0) is 23.4. The Balaban J connectivity index is 1.86. The lowest BCUT2D eigenvalue weighted by Crippen LogP contribution is -2.55. The van der Waals surface area contributed by atoms with E-state index in [-0.39, 0.29) is 36.8 Å². The average Bonchev–Trinajstić information content (AvgIpc) is 3.18. The van der Waals surface area contributed by atoms with Gasteiger partial charge in [-0.1, -0.05) is 29.3 Å². The number of halogens is 2. The van der Waals surface area contributed by atoms with Crippen LogP contribution in [0.25, 0.3) is 0 Å². The molecule has 1 fully saturated rings. The van der Waals surface area contributed by atoms with Gasteiger partial charge in [-0.15, -0.1) is 0 Å². The predicted octanol–water partition coefficient (Wildman–Crippen LogP) is 3.00. The van der Waals surface area contributed by atoms with Crippen molar-refractivity contribution < 1.29 is 14.4 Å². The fraction of sp³-hybridized carbons (Fsp3) is 0.318. The summed E-state index contributed by atoms with van der Waals surface area (Å²) in [7, 11) is 0. The molecule has 1 aliphatic heterocycles. The smallest absolute Gasteiger partial charge is 0.323 e. The first-order valence-corrected chi connectivity index (χ1v) is 10.9. The first-order valence-electron chi connectivity index (χ1n) is 10.1. The number of aryl methyl sites for hydroxylation is 2. The van der Waals surface area contributed by atoms with Crippen molar-refractivity contribution in [3.05, 3.63) is 63.1 Å². The molecule has 10 heteroatoms. The first kappa shape index (κ1) is 23.8. The predicted molar refractivity (Wildman–Crippen MR) is 125 cm³/mol. The van der Waals surface area contributed by atoms with E-state index >= 15 is 0 Å². The highest BCUT2D eigenvalue weighted by molar-refractivity contribution is 6.42. The summed E-state index contributed by atoms with van der Waals surface area (Å²) in [5.74, 6) is -0.921. The van der Waals surface area contributed by atoms with E-state index in [0.29, 0.717) is 10.7 Å². The molecule has 3 rings (SSSR count). The third-order valence-corrected chi connectivity index (χ3v) is 5.75. The van der Waals surface area contributed by atoms with E-state index in [0.717, 1.165) is 11.1 Å². The summed E-state index contributed by atoms with van der Waals surface area (Å²) in [5, 5.41) is 6.04. The lowest BCUT2D eigenvalue weighted by atomic mass is 10.1. The minimum Gasteiger partial charge on any atom is -0.351 e. The van der Waals surface area contributed by atoms with Crippen molar-refractivity contribution in [1.82, 2.24) is 15.1 Å². The van der Waals surface area contributed by atoms with Gasteiger partial charge in [-0.2, -0.15) is 0 Å². The number of nitrogens with zero attached hydrogens (tertiary/aromatic N) is 2. The van der Waals surface area contributed by atoms with Crippen LogP contribution < -0.4 is 16.4 Å². The number of amides is 4. The molecule has 8 nitrogen and oxygen atoms in total. The van der Waals surface area contributed by atoms with Crippen LogP contribution in [0.4, 0.5) is 10.5 Å². The highest BCUT2D eigenvalue weighted by Gasteiger charge is 2.43. The molecule has 4 N–H and O–H groups in total. The van der Waals surface area contributed by atoms with Crippen molar-refractivity contribution in [2.24, 2.45) is 5.73 Å². The summed E-state index contributed by atoms with van der Waals surface area (Å²) in [6.07, 6.45) is -1.13. The minimum absolute atomic E-state index is 0.181. The van der Waals surface area contributed by atoms with Crippen molar-refractivity contribution >= 4 is 46.7 Å². The molecule has 2 aromatic rings. The van der Waals surface area contributed by atoms with Gasteiger partial charge < -0.3 is 21.3 Å². The highest BCUT2D eigenvalue weighted by Crippen LogP contribution is 2.26. The lowest BCUT2D eigenvalue weighted by Gasteiger charge is -2.29. The number of urea groups is 1. The molecule has 1 heterocycles. The van der Waals surface area contributed by atoms with E-state index in [1.165, 1.54) is 28.0 Å². The maximum atomic E-state index is 13.2. The number of carbonyl (C=O) groups excluding carboxylic acids is 3. The largest absolute Gasteiger partial charge is 0.351 e. The Bertz CT molecular complexity index is 1030. The van der Waals surface area contributed by atoms with Crippen molar-refractivity contribution in [2.75, 3.05) is 31.5 Å². The molecule has 4 amide bonds. The van der Waals surface area contributed by atoms with Crippen LogP contribution in [-0.2, 0) is 4.79 Å². The van der Waals surface area contributed by atoms with Crippen molar-refractivity contribution in [3.63, 3.8) is 0 Å². The number of hydrogen-bond acceptors (Lipinski definition) is 4. The number of nitrogens with one attached hydrogen (secondary N) is 2. The Morgan fingerprint density at radius 2 is 1.66 bits per heavy atom. The molecule has 0 aromatic heterocycles. The lowest BCUT2D eigenvalue weighted by molar-refractivity contribution is -0.127. The molecule has 1 atom stereocenters. The molecule has 0 aliphatic carbocycles. The number of rotatable bonds is 5. The standard InChI is InChI=1S/C22H25Cl2N5O3/c1-13-9-14(2)11-16(10-13)27-22(32)29-8-7-28(20(29)19(30)26-6-5-25)21(31)15-3-4-17(23)18(24)12-15/h3-4,9-12,20H,5-8,25H2,1-2H3,(H,26,30)(H,27,32). The number of benzene rings is 2. The second-order valence-electron chi connectivity index (χ2n) is 7.58. The van der Waals surface area contributed by atoms with Gasteiger partial charge in [-0.3, -0.25) is 14.5 Å². The molecule has 1 unspecified atom stereocenters. The summed E-state index contributed by atoms with van der Waals surface area (Å²) >= 11 is 12.0. The summed E-state index contributed by atoms with van der Waals surface area (Å²) < 4.78 is 0. The molecule has 0 radical (unpaired) electrons. The second-order valence-corrected chi connectivity index (χ2v) is 8.40. The van der Waals surface area contributed by atoms with Crippen LogP contribution >= 0.6 is 23.2 Å². The van der Waals surface area contributed by atoms with Crippen molar-refractivity contribution in [3.8, 4) is 0 Å².